The summed E-state index contributed by atoms with van der Waals surface area (Å²) >= 11 is 0. The summed E-state index contributed by atoms with van der Waals surface area (Å²) in [6.45, 7) is 12.4. The first-order valence-corrected chi connectivity index (χ1v) is 10.4. The van der Waals surface area contributed by atoms with E-state index in [1.807, 2.05) is 41.5 Å². The Bertz CT molecular complexity index is 532. The summed E-state index contributed by atoms with van der Waals surface area (Å²) in [6, 6.07) is 0.508. The third kappa shape index (κ3) is 18.1. The normalized spacial score (nSPS) is 15.5. The van der Waals surface area contributed by atoms with E-state index in [0.29, 0.717) is 0 Å². The lowest BCUT2D eigenvalue weighted by molar-refractivity contribution is -0.133. The third-order valence-corrected chi connectivity index (χ3v) is 2.98. The fourth-order valence-electron chi connectivity index (χ4n) is 1.96. The molecule has 1 atom stereocenters. The number of nitrogens with two attached hydrogens (primary N) is 2. The zero-order valence-corrected chi connectivity index (χ0v) is 20.9. The van der Waals surface area contributed by atoms with E-state index >= 15 is 0 Å². The summed E-state index contributed by atoms with van der Waals surface area (Å²) in [7, 11) is 4.49. The van der Waals surface area contributed by atoms with Crippen molar-refractivity contribution < 1.29 is 18.4 Å². The molecule has 1 aliphatic rings. The minimum Gasteiger partial charge on any atom is -0.343 e. The number of carbonyl (C=O) groups excluding carboxylic acids is 2. The first kappa shape index (κ1) is 39.1. The molecular formula is C21H44F2N6O2. The zero-order chi connectivity index (χ0) is 26.0. The number of alkyl halides is 2. The molecule has 1 unspecified atom stereocenters. The Labute approximate surface area is 187 Å². The van der Waals surface area contributed by atoms with Crippen molar-refractivity contribution in [3.8, 4) is 6.07 Å². The maximum absolute atomic E-state index is 13.2. The maximum atomic E-state index is 13.2. The van der Waals surface area contributed by atoms with Crippen LogP contribution < -0.4 is 16.8 Å². The molecule has 1 fully saturated rings. The number of aliphatic imine (C=N–C) groups is 1. The molecule has 1 rings (SSSR count). The van der Waals surface area contributed by atoms with Gasteiger partial charge in [0.25, 0.3) is 11.8 Å². The van der Waals surface area contributed by atoms with Gasteiger partial charge in [-0.1, -0.05) is 47.6 Å². The van der Waals surface area contributed by atoms with Gasteiger partial charge in [0.15, 0.2) is 0 Å². The number of allylic oxidation sites excluding steroid dienone is 1. The molecule has 1 aliphatic heterocycles. The summed E-state index contributed by atoms with van der Waals surface area (Å²) in [5, 5.41) is 11.1. The van der Waals surface area contributed by atoms with Crippen LogP contribution in [0.4, 0.5) is 8.78 Å². The topological polar surface area (TPSA) is 138 Å². The van der Waals surface area contributed by atoms with Gasteiger partial charge in [-0.3, -0.25) is 14.6 Å². The predicted molar refractivity (Wildman–Crippen MR) is 126 cm³/mol. The van der Waals surface area contributed by atoms with E-state index in [1.54, 1.807) is 13.0 Å². The molecule has 0 aromatic rings. The lowest BCUT2D eigenvalue weighted by atomic mass is 10.2. The number of nitrogens with zero attached hydrogens (tertiary/aromatic N) is 3. The van der Waals surface area contributed by atoms with Gasteiger partial charge in [-0.25, -0.2) is 8.78 Å². The smallest absolute Gasteiger partial charge is 0.268 e. The third-order valence-electron chi connectivity index (χ3n) is 2.98. The number of amides is 2. The molecule has 8 nitrogen and oxygen atoms in total. The van der Waals surface area contributed by atoms with E-state index in [-0.39, 0.29) is 5.57 Å². The van der Waals surface area contributed by atoms with Crippen molar-refractivity contribution in [3.63, 3.8) is 0 Å². The van der Waals surface area contributed by atoms with Crippen molar-refractivity contribution in [2.24, 2.45) is 16.5 Å². The van der Waals surface area contributed by atoms with Gasteiger partial charge >= 0.3 is 0 Å². The van der Waals surface area contributed by atoms with Crippen LogP contribution in [0.2, 0.25) is 0 Å². The molecule has 1 heterocycles. The number of carbonyl (C=O) groups is 2. The van der Waals surface area contributed by atoms with Crippen molar-refractivity contribution in [2.45, 2.75) is 66.9 Å². The van der Waals surface area contributed by atoms with E-state index in [9.17, 15) is 18.4 Å². The molecule has 31 heavy (non-hydrogen) atoms. The average molecular weight is 451 g/mol. The standard InChI is InChI=1S/C13H16F2N4O2.3C2H6.2CH5N/c1-3-9(6-17-2)12(21)18-7-11(20)19-8-13(14,15)4-10(19)5-16;5*1-2/h3,6,10H,4,7-8H2,1-2H3,(H,18,21);3*1-2H3;2*2H2,1H3/b9-3+,17-6?;;;;;. The molecule has 1 saturated heterocycles. The molecule has 184 valence electrons. The molecule has 0 aromatic carbocycles. The number of rotatable bonds is 4. The summed E-state index contributed by atoms with van der Waals surface area (Å²) < 4.78 is 26.4. The van der Waals surface area contributed by atoms with Crippen molar-refractivity contribution in [1.29, 1.82) is 5.26 Å². The summed E-state index contributed by atoms with van der Waals surface area (Å²) in [6.07, 6.45) is 2.16. The molecule has 0 saturated carbocycles. The molecule has 0 bridgehead atoms. The number of hydrogen-bond donors (Lipinski definition) is 3. The van der Waals surface area contributed by atoms with Crippen LogP contribution in [0, 0.1) is 11.3 Å². The molecule has 0 radical (unpaired) electrons. The number of hydrogen-bond acceptors (Lipinski definition) is 6. The molecule has 0 aliphatic carbocycles. The van der Waals surface area contributed by atoms with Crippen molar-refractivity contribution in [3.05, 3.63) is 11.6 Å². The highest BCUT2D eigenvalue weighted by Gasteiger charge is 2.47. The minimum atomic E-state index is -3.07. The fourth-order valence-corrected chi connectivity index (χ4v) is 1.96. The zero-order valence-electron chi connectivity index (χ0n) is 20.9. The molecule has 0 aromatic heterocycles. The average Bonchev–Trinajstić information content (AvgIpc) is 3.16. The minimum absolute atomic E-state index is 0.258. The summed E-state index contributed by atoms with van der Waals surface area (Å²) in [4.78, 5) is 28.0. The van der Waals surface area contributed by atoms with Crippen molar-refractivity contribution in [2.75, 3.05) is 34.2 Å². The molecule has 5 N–H and O–H groups in total. The van der Waals surface area contributed by atoms with Crippen LogP contribution in [-0.4, -0.2) is 69.1 Å². The Hall–Kier alpha value is -2.38. The lowest BCUT2D eigenvalue weighted by Gasteiger charge is -2.19. The second-order valence-electron chi connectivity index (χ2n) is 4.54. The highest BCUT2D eigenvalue weighted by Crippen LogP contribution is 2.31. The van der Waals surface area contributed by atoms with E-state index in [4.69, 9.17) is 5.26 Å². The first-order chi connectivity index (χ1) is 14.8. The van der Waals surface area contributed by atoms with Crippen molar-refractivity contribution in [1.82, 2.24) is 10.2 Å². The quantitative estimate of drug-likeness (QED) is 0.447. The predicted octanol–water partition coefficient (Wildman–Crippen LogP) is 2.74. The van der Waals surface area contributed by atoms with E-state index in [0.717, 1.165) is 4.90 Å². The Morgan fingerprint density at radius 3 is 1.97 bits per heavy atom. The lowest BCUT2D eigenvalue weighted by Crippen LogP contribution is -2.43. The molecule has 10 heteroatoms. The Morgan fingerprint density at radius 1 is 1.16 bits per heavy atom. The Kier molecular flexibility index (Phi) is 34.9. The van der Waals surface area contributed by atoms with Crippen molar-refractivity contribution >= 4 is 18.0 Å². The largest absolute Gasteiger partial charge is 0.343 e. The van der Waals surface area contributed by atoms with Crippen LogP contribution in [0.25, 0.3) is 0 Å². The van der Waals surface area contributed by atoms with E-state index in [2.05, 4.69) is 21.8 Å². The maximum Gasteiger partial charge on any atom is 0.268 e. The van der Waals surface area contributed by atoms with E-state index in [1.165, 1.54) is 33.4 Å². The van der Waals surface area contributed by atoms with Gasteiger partial charge in [0.05, 0.1) is 24.7 Å². The first-order valence-electron chi connectivity index (χ1n) is 10.4. The second kappa shape index (κ2) is 27.6. The SMILES string of the molecule is C/C=C(\C=NC)C(=O)NCC(=O)N1CC(F)(F)CC1C#N.CC.CC.CC.CN.CN. The molecule has 0 spiro atoms. The van der Waals surface area contributed by atoms with Gasteiger partial charge in [-0.05, 0) is 21.0 Å². The Balaban J connectivity index is -0.000000197. The van der Waals surface area contributed by atoms with Gasteiger partial charge in [-0.15, -0.1) is 0 Å². The summed E-state index contributed by atoms with van der Waals surface area (Å²) in [5.41, 5.74) is 9.26. The monoisotopic (exact) mass is 450 g/mol. The highest BCUT2D eigenvalue weighted by atomic mass is 19.3. The Morgan fingerprint density at radius 2 is 1.61 bits per heavy atom. The van der Waals surface area contributed by atoms with Crippen LogP contribution in [0.1, 0.15) is 54.9 Å². The number of nitriles is 1. The van der Waals surface area contributed by atoms with Crippen LogP contribution in [0.15, 0.2) is 16.6 Å². The van der Waals surface area contributed by atoms with Crippen LogP contribution in [0.5, 0.6) is 0 Å². The molecule has 2 amide bonds. The van der Waals surface area contributed by atoms with Gasteiger partial charge in [0.2, 0.25) is 5.91 Å². The second-order valence-corrected chi connectivity index (χ2v) is 4.54. The van der Waals surface area contributed by atoms with Crippen LogP contribution >= 0.6 is 0 Å². The number of halogens is 2. The van der Waals surface area contributed by atoms with Gasteiger partial charge in [0, 0.05) is 19.7 Å². The van der Waals surface area contributed by atoms with Gasteiger partial charge < -0.3 is 21.7 Å². The molecular weight excluding hydrogens is 406 g/mol. The van der Waals surface area contributed by atoms with Crippen LogP contribution in [-0.2, 0) is 9.59 Å². The number of nitrogens with one attached hydrogen (secondary N) is 1. The fraction of sp³-hybridized carbons (Fsp3) is 0.714. The van der Waals surface area contributed by atoms with E-state index < -0.39 is 43.3 Å². The van der Waals surface area contributed by atoms with Crippen LogP contribution in [0.3, 0.4) is 0 Å². The highest BCUT2D eigenvalue weighted by molar-refractivity contribution is 6.12. The summed E-state index contributed by atoms with van der Waals surface area (Å²) in [5.74, 6) is -4.31. The van der Waals surface area contributed by atoms with Gasteiger partial charge in [0.1, 0.15) is 6.04 Å². The number of likely N-dealkylation sites (tertiary alicyclic amines) is 1. The van der Waals surface area contributed by atoms with Gasteiger partial charge in [-0.2, -0.15) is 5.26 Å².